The molecule has 0 radical (unpaired) electrons. The molecule has 1 aliphatic carbocycles. The molecule has 1 aliphatic heterocycles. The molecule has 3 rings (SSSR count). The lowest BCUT2D eigenvalue weighted by Crippen LogP contribution is -2.22. The molecule has 2 fully saturated rings. The van der Waals surface area contributed by atoms with Gasteiger partial charge in [0.05, 0.1) is 0 Å². The standard InChI is InChI=1S/C13H22N6/c1-14-11-16-12(15-7-6-10-4-5-10)18-13(17-11)19-8-2-3-9-19/h10H,2-9H2,1H3,(H2,14,15,16,17,18). The van der Waals surface area contributed by atoms with Crippen LogP contribution >= 0.6 is 0 Å². The summed E-state index contributed by atoms with van der Waals surface area (Å²) in [7, 11) is 1.84. The predicted octanol–water partition coefficient (Wildman–Crippen LogP) is 1.73. The average molecular weight is 262 g/mol. The Kier molecular flexibility index (Phi) is 3.66. The van der Waals surface area contributed by atoms with Gasteiger partial charge in [0.2, 0.25) is 17.8 Å². The van der Waals surface area contributed by atoms with Gasteiger partial charge in [-0.1, -0.05) is 12.8 Å². The minimum absolute atomic E-state index is 0.644. The minimum Gasteiger partial charge on any atom is -0.357 e. The van der Waals surface area contributed by atoms with E-state index in [9.17, 15) is 0 Å². The van der Waals surface area contributed by atoms with Gasteiger partial charge in [0.25, 0.3) is 0 Å². The highest BCUT2D eigenvalue weighted by molar-refractivity contribution is 5.44. The van der Waals surface area contributed by atoms with Crippen molar-refractivity contribution in [3.8, 4) is 0 Å². The van der Waals surface area contributed by atoms with Gasteiger partial charge in [0, 0.05) is 26.7 Å². The van der Waals surface area contributed by atoms with E-state index in [1.807, 2.05) is 7.05 Å². The second kappa shape index (κ2) is 5.59. The van der Waals surface area contributed by atoms with Crippen LogP contribution in [0.1, 0.15) is 32.1 Å². The molecule has 2 aliphatic rings. The summed E-state index contributed by atoms with van der Waals surface area (Å²) in [5.74, 6) is 3.06. The number of nitrogens with zero attached hydrogens (tertiary/aromatic N) is 4. The fourth-order valence-corrected chi connectivity index (χ4v) is 2.41. The SMILES string of the molecule is CNc1nc(NCCC2CC2)nc(N2CCCC2)n1. The maximum atomic E-state index is 4.53. The number of hydrogen-bond donors (Lipinski definition) is 2. The molecule has 0 amide bonds. The Morgan fingerprint density at radius 2 is 1.84 bits per heavy atom. The molecule has 1 saturated carbocycles. The van der Waals surface area contributed by atoms with Gasteiger partial charge in [-0.3, -0.25) is 0 Å². The summed E-state index contributed by atoms with van der Waals surface area (Å²) in [4.78, 5) is 15.6. The molecule has 1 saturated heterocycles. The molecule has 104 valence electrons. The van der Waals surface area contributed by atoms with Gasteiger partial charge in [-0.15, -0.1) is 0 Å². The zero-order valence-corrected chi connectivity index (χ0v) is 11.5. The first kappa shape index (κ1) is 12.4. The predicted molar refractivity (Wildman–Crippen MR) is 76.7 cm³/mol. The fraction of sp³-hybridized carbons (Fsp3) is 0.769. The third kappa shape index (κ3) is 3.24. The number of rotatable bonds is 6. The Hall–Kier alpha value is -1.59. The van der Waals surface area contributed by atoms with Gasteiger partial charge >= 0.3 is 0 Å². The molecule has 1 aromatic rings. The van der Waals surface area contributed by atoms with Crippen molar-refractivity contribution in [3.05, 3.63) is 0 Å². The van der Waals surface area contributed by atoms with Gasteiger partial charge in [-0.05, 0) is 25.2 Å². The smallest absolute Gasteiger partial charge is 0.231 e. The van der Waals surface area contributed by atoms with Crippen molar-refractivity contribution in [1.29, 1.82) is 0 Å². The van der Waals surface area contributed by atoms with Crippen LogP contribution in [0.4, 0.5) is 17.8 Å². The topological polar surface area (TPSA) is 66.0 Å². The van der Waals surface area contributed by atoms with Gasteiger partial charge < -0.3 is 15.5 Å². The minimum atomic E-state index is 0.644. The zero-order valence-electron chi connectivity index (χ0n) is 11.5. The van der Waals surface area contributed by atoms with E-state index in [4.69, 9.17) is 0 Å². The highest BCUT2D eigenvalue weighted by atomic mass is 15.3. The number of anilines is 3. The largest absolute Gasteiger partial charge is 0.357 e. The van der Waals surface area contributed by atoms with Crippen LogP contribution in [-0.4, -0.2) is 41.6 Å². The molecule has 0 atom stereocenters. The Balaban J connectivity index is 1.67. The van der Waals surface area contributed by atoms with E-state index in [1.165, 1.54) is 32.1 Å². The lowest BCUT2D eigenvalue weighted by molar-refractivity contribution is 0.754. The number of aromatic nitrogens is 3. The third-order valence-electron chi connectivity index (χ3n) is 3.77. The molecule has 0 unspecified atom stereocenters. The van der Waals surface area contributed by atoms with E-state index >= 15 is 0 Å². The first-order chi connectivity index (χ1) is 9.35. The summed E-state index contributed by atoms with van der Waals surface area (Å²) < 4.78 is 0. The summed E-state index contributed by atoms with van der Waals surface area (Å²) in [6.45, 7) is 3.06. The third-order valence-corrected chi connectivity index (χ3v) is 3.77. The van der Waals surface area contributed by atoms with Crippen LogP contribution in [0.5, 0.6) is 0 Å². The summed E-state index contributed by atoms with van der Waals surface area (Å²) in [5, 5.41) is 6.34. The average Bonchev–Trinajstić information content (AvgIpc) is 3.09. The van der Waals surface area contributed by atoms with E-state index in [0.29, 0.717) is 11.9 Å². The van der Waals surface area contributed by atoms with Gasteiger partial charge in [-0.2, -0.15) is 15.0 Å². The van der Waals surface area contributed by atoms with Gasteiger partial charge in [-0.25, -0.2) is 0 Å². The zero-order chi connectivity index (χ0) is 13.1. The number of hydrogen-bond acceptors (Lipinski definition) is 6. The van der Waals surface area contributed by atoms with Crippen molar-refractivity contribution in [2.75, 3.05) is 42.2 Å². The first-order valence-electron chi connectivity index (χ1n) is 7.28. The molecule has 2 heterocycles. The second-order valence-corrected chi connectivity index (χ2v) is 5.39. The van der Waals surface area contributed by atoms with Crippen molar-refractivity contribution in [1.82, 2.24) is 15.0 Å². The van der Waals surface area contributed by atoms with Crippen molar-refractivity contribution in [2.24, 2.45) is 5.92 Å². The van der Waals surface area contributed by atoms with Crippen LogP contribution in [0, 0.1) is 5.92 Å². The molecular weight excluding hydrogens is 240 g/mol. The van der Waals surface area contributed by atoms with Crippen LogP contribution in [-0.2, 0) is 0 Å². The molecule has 6 heteroatoms. The van der Waals surface area contributed by atoms with Gasteiger partial charge in [0.15, 0.2) is 0 Å². The quantitative estimate of drug-likeness (QED) is 0.814. The molecule has 0 aromatic carbocycles. The monoisotopic (exact) mass is 262 g/mol. The summed E-state index contributed by atoms with van der Waals surface area (Å²) in [6, 6.07) is 0. The first-order valence-corrected chi connectivity index (χ1v) is 7.28. The van der Waals surface area contributed by atoms with Crippen LogP contribution in [0.25, 0.3) is 0 Å². The van der Waals surface area contributed by atoms with E-state index < -0.39 is 0 Å². The Labute approximate surface area is 114 Å². The lowest BCUT2D eigenvalue weighted by Gasteiger charge is -2.16. The van der Waals surface area contributed by atoms with Crippen molar-refractivity contribution < 1.29 is 0 Å². The molecule has 6 nitrogen and oxygen atoms in total. The fourth-order valence-electron chi connectivity index (χ4n) is 2.41. The second-order valence-electron chi connectivity index (χ2n) is 5.39. The maximum absolute atomic E-state index is 4.53. The normalized spacial score (nSPS) is 18.7. The highest BCUT2D eigenvalue weighted by Crippen LogP contribution is 2.32. The Bertz CT molecular complexity index is 425. The van der Waals surface area contributed by atoms with E-state index in [0.717, 1.165) is 31.5 Å². The molecule has 0 spiro atoms. The maximum Gasteiger partial charge on any atom is 0.231 e. The van der Waals surface area contributed by atoms with Crippen molar-refractivity contribution in [3.63, 3.8) is 0 Å². The highest BCUT2D eigenvalue weighted by Gasteiger charge is 2.21. The summed E-state index contributed by atoms with van der Waals surface area (Å²) in [5.41, 5.74) is 0. The lowest BCUT2D eigenvalue weighted by atomic mass is 10.3. The van der Waals surface area contributed by atoms with Crippen LogP contribution in [0.15, 0.2) is 0 Å². The Morgan fingerprint density at radius 1 is 1.11 bits per heavy atom. The number of nitrogens with one attached hydrogen (secondary N) is 2. The Morgan fingerprint density at radius 3 is 2.53 bits per heavy atom. The van der Waals surface area contributed by atoms with E-state index in [1.54, 1.807) is 0 Å². The van der Waals surface area contributed by atoms with E-state index in [-0.39, 0.29) is 0 Å². The molecular formula is C13H22N6. The van der Waals surface area contributed by atoms with E-state index in [2.05, 4.69) is 30.5 Å². The molecule has 1 aromatic heterocycles. The van der Waals surface area contributed by atoms with Crippen LogP contribution in [0.3, 0.4) is 0 Å². The van der Waals surface area contributed by atoms with Gasteiger partial charge in [0.1, 0.15) is 0 Å². The summed E-state index contributed by atoms with van der Waals surface area (Å²) in [6.07, 6.45) is 6.45. The van der Waals surface area contributed by atoms with Crippen molar-refractivity contribution in [2.45, 2.75) is 32.1 Å². The van der Waals surface area contributed by atoms with Crippen molar-refractivity contribution >= 4 is 17.8 Å². The van der Waals surface area contributed by atoms with Crippen LogP contribution < -0.4 is 15.5 Å². The summed E-state index contributed by atoms with van der Waals surface area (Å²) >= 11 is 0. The molecule has 0 bridgehead atoms. The molecule has 19 heavy (non-hydrogen) atoms. The molecule has 2 N–H and O–H groups in total. The van der Waals surface area contributed by atoms with Crippen LogP contribution in [0.2, 0.25) is 0 Å².